The molecule has 0 aliphatic carbocycles. The number of piperidine rings is 1. The molecule has 0 aromatic heterocycles. The normalized spacial score (nSPS) is 19.0. The lowest BCUT2D eigenvalue weighted by molar-refractivity contribution is -0.129. The molecule has 34 heavy (non-hydrogen) atoms. The zero-order valence-electron chi connectivity index (χ0n) is 21.6. The smallest absolute Gasteiger partial charge is 0.243 e. The molecule has 9 heteroatoms. The monoisotopic (exact) mass is 494 g/mol. The Hall–Kier alpha value is -1.97. The number of anilines is 1. The van der Waals surface area contributed by atoms with Crippen molar-refractivity contribution in [3.63, 3.8) is 0 Å². The van der Waals surface area contributed by atoms with Gasteiger partial charge in [0.25, 0.3) is 0 Å². The molecule has 0 saturated carbocycles. The number of hydrogen-bond acceptors (Lipinski definition) is 5. The van der Waals surface area contributed by atoms with E-state index in [0.29, 0.717) is 30.9 Å². The van der Waals surface area contributed by atoms with Crippen LogP contribution in [0.5, 0.6) is 0 Å². The summed E-state index contributed by atoms with van der Waals surface area (Å²) in [6.45, 7) is 13.4. The van der Waals surface area contributed by atoms with Crippen LogP contribution in [0.4, 0.5) is 5.69 Å². The summed E-state index contributed by atoms with van der Waals surface area (Å²) < 4.78 is 27.4. The summed E-state index contributed by atoms with van der Waals surface area (Å²) in [7, 11) is -3.63. The van der Waals surface area contributed by atoms with Gasteiger partial charge in [-0.2, -0.15) is 4.31 Å². The third-order valence-electron chi connectivity index (χ3n) is 6.64. The molecule has 0 bridgehead atoms. The van der Waals surface area contributed by atoms with Gasteiger partial charge < -0.3 is 10.6 Å². The summed E-state index contributed by atoms with van der Waals surface area (Å²) in [4.78, 5) is 28.0. The van der Waals surface area contributed by atoms with Crippen molar-refractivity contribution in [2.24, 2.45) is 5.92 Å². The average molecular weight is 495 g/mol. The summed E-state index contributed by atoms with van der Waals surface area (Å²) in [5.74, 6) is -0.285. The highest BCUT2D eigenvalue weighted by Crippen LogP contribution is 2.25. The first-order valence-corrected chi connectivity index (χ1v) is 13.9. The first kappa shape index (κ1) is 28.3. The van der Waals surface area contributed by atoms with Crippen molar-refractivity contribution in [2.45, 2.75) is 84.2 Å². The van der Waals surface area contributed by atoms with Crippen LogP contribution in [0.3, 0.4) is 0 Å². The summed E-state index contributed by atoms with van der Waals surface area (Å²) in [5, 5.41) is 5.98. The molecule has 3 unspecified atom stereocenters. The van der Waals surface area contributed by atoms with Crippen molar-refractivity contribution >= 4 is 27.5 Å². The lowest BCUT2D eigenvalue weighted by atomic mass is 9.95. The van der Waals surface area contributed by atoms with Crippen LogP contribution in [0.1, 0.15) is 65.9 Å². The van der Waals surface area contributed by atoms with Crippen LogP contribution in [0, 0.1) is 12.8 Å². The fourth-order valence-electron chi connectivity index (χ4n) is 4.51. The minimum atomic E-state index is -3.63. The van der Waals surface area contributed by atoms with Gasteiger partial charge in [-0.05, 0) is 64.3 Å². The predicted octanol–water partition coefficient (Wildman–Crippen LogP) is 3.37. The molecule has 1 aromatic rings. The molecule has 1 aliphatic heterocycles. The first-order chi connectivity index (χ1) is 16.0. The molecular formula is C25H42N4O4S. The number of nitrogens with one attached hydrogen (secondary N) is 2. The first-order valence-electron chi connectivity index (χ1n) is 12.5. The van der Waals surface area contributed by atoms with E-state index >= 15 is 0 Å². The Kier molecular flexibility index (Phi) is 10.5. The number of amides is 2. The maximum absolute atomic E-state index is 13.0. The van der Waals surface area contributed by atoms with Gasteiger partial charge in [-0.1, -0.05) is 33.3 Å². The lowest BCUT2D eigenvalue weighted by Gasteiger charge is -2.35. The van der Waals surface area contributed by atoms with E-state index in [2.05, 4.69) is 17.6 Å². The van der Waals surface area contributed by atoms with Crippen LogP contribution in [0.15, 0.2) is 23.1 Å². The molecule has 1 aromatic carbocycles. The zero-order valence-corrected chi connectivity index (χ0v) is 22.4. The summed E-state index contributed by atoms with van der Waals surface area (Å²) in [6, 6.07) is 4.69. The Bertz CT molecular complexity index is 946. The summed E-state index contributed by atoms with van der Waals surface area (Å²) in [5.41, 5.74) is 1.09. The highest BCUT2D eigenvalue weighted by atomic mass is 32.2. The van der Waals surface area contributed by atoms with Gasteiger partial charge in [0, 0.05) is 31.4 Å². The van der Waals surface area contributed by atoms with Crippen molar-refractivity contribution < 1.29 is 18.0 Å². The quantitative estimate of drug-likeness (QED) is 0.491. The molecule has 1 aliphatic rings. The fraction of sp³-hybridized carbons (Fsp3) is 0.680. The largest absolute Gasteiger partial charge is 0.353 e. The number of hydrogen-bond donors (Lipinski definition) is 2. The van der Waals surface area contributed by atoms with E-state index in [9.17, 15) is 18.0 Å². The Morgan fingerprint density at radius 2 is 1.85 bits per heavy atom. The molecule has 1 saturated heterocycles. The summed E-state index contributed by atoms with van der Waals surface area (Å²) in [6.07, 6.45) is 3.64. The van der Waals surface area contributed by atoms with Gasteiger partial charge in [0.1, 0.15) is 0 Å². The van der Waals surface area contributed by atoms with Gasteiger partial charge >= 0.3 is 0 Å². The standard InChI is InChI=1S/C25H42N4O4S/c1-7-11-19(5)26-25(31)21-12-10-15-28(17-21)20(6)24(30)27-22-14-13-18(4)23(16-22)34(32,33)29(8-2)9-3/h13-14,16,19-21H,7-12,15,17H2,1-6H3,(H,26,31)(H,27,30). The maximum Gasteiger partial charge on any atom is 0.243 e. The van der Waals surface area contributed by atoms with Crippen LogP contribution >= 0.6 is 0 Å². The molecule has 192 valence electrons. The second kappa shape index (κ2) is 12.7. The number of aryl methyl sites for hydroxylation is 1. The maximum atomic E-state index is 13.0. The second-order valence-corrected chi connectivity index (χ2v) is 11.2. The molecule has 3 atom stereocenters. The van der Waals surface area contributed by atoms with Crippen molar-refractivity contribution in [3.8, 4) is 0 Å². The lowest BCUT2D eigenvalue weighted by Crippen LogP contribution is -2.50. The minimum Gasteiger partial charge on any atom is -0.353 e. The van der Waals surface area contributed by atoms with E-state index in [-0.39, 0.29) is 28.7 Å². The van der Waals surface area contributed by atoms with Gasteiger partial charge in [-0.25, -0.2) is 8.42 Å². The number of benzene rings is 1. The van der Waals surface area contributed by atoms with Gasteiger partial charge in [-0.15, -0.1) is 0 Å². The Morgan fingerprint density at radius 1 is 1.18 bits per heavy atom. The fourth-order valence-corrected chi connectivity index (χ4v) is 6.22. The van der Waals surface area contributed by atoms with Crippen LogP contribution in [-0.4, -0.2) is 67.7 Å². The number of carbonyl (C=O) groups excluding carboxylic acids is 2. The molecular weight excluding hydrogens is 452 g/mol. The molecule has 1 fully saturated rings. The third-order valence-corrected chi connectivity index (χ3v) is 8.83. The van der Waals surface area contributed by atoms with Crippen LogP contribution in [-0.2, 0) is 19.6 Å². The van der Waals surface area contributed by atoms with E-state index in [4.69, 9.17) is 0 Å². The topological polar surface area (TPSA) is 98.8 Å². The van der Waals surface area contributed by atoms with E-state index in [1.165, 1.54) is 10.4 Å². The number of nitrogens with zero attached hydrogens (tertiary/aromatic N) is 2. The highest BCUT2D eigenvalue weighted by molar-refractivity contribution is 7.89. The predicted molar refractivity (Wildman–Crippen MR) is 136 cm³/mol. The van der Waals surface area contributed by atoms with Crippen molar-refractivity contribution in [2.75, 3.05) is 31.5 Å². The average Bonchev–Trinajstić information content (AvgIpc) is 2.80. The molecule has 2 rings (SSSR count). The SMILES string of the molecule is CCCC(C)NC(=O)C1CCCN(C(C)C(=O)Nc2ccc(C)c(S(=O)(=O)N(CC)CC)c2)C1. The van der Waals surface area contributed by atoms with E-state index in [1.54, 1.807) is 32.9 Å². The minimum absolute atomic E-state index is 0.0584. The number of rotatable bonds is 11. The van der Waals surface area contributed by atoms with E-state index in [1.807, 2.05) is 18.7 Å². The number of sulfonamides is 1. The van der Waals surface area contributed by atoms with Gasteiger partial charge in [0.2, 0.25) is 21.8 Å². The van der Waals surface area contributed by atoms with Gasteiger partial charge in [0.15, 0.2) is 0 Å². The van der Waals surface area contributed by atoms with Crippen LogP contribution in [0.25, 0.3) is 0 Å². The molecule has 0 spiro atoms. The Balaban J connectivity index is 2.09. The van der Waals surface area contributed by atoms with Crippen LogP contribution in [0.2, 0.25) is 0 Å². The van der Waals surface area contributed by atoms with Gasteiger partial charge in [-0.3, -0.25) is 14.5 Å². The van der Waals surface area contributed by atoms with E-state index < -0.39 is 16.1 Å². The van der Waals surface area contributed by atoms with Crippen molar-refractivity contribution in [1.82, 2.24) is 14.5 Å². The van der Waals surface area contributed by atoms with Crippen molar-refractivity contribution in [1.29, 1.82) is 0 Å². The van der Waals surface area contributed by atoms with Crippen LogP contribution < -0.4 is 10.6 Å². The third kappa shape index (κ3) is 7.02. The molecule has 0 radical (unpaired) electrons. The highest BCUT2D eigenvalue weighted by Gasteiger charge is 2.31. The summed E-state index contributed by atoms with van der Waals surface area (Å²) >= 11 is 0. The second-order valence-electron chi connectivity index (χ2n) is 9.27. The van der Waals surface area contributed by atoms with E-state index in [0.717, 1.165) is 32.2 Å². The molecule has 1 heterocycles. The molecule has 2 N–H and O–H groups in total. The molecule has 2 amide bonds. The van der Waals surface area contributed by atoms with Gasteiger partial charge in [0.05, 0.1) is 16.9 Å². The number of likely N-dealkylation sites (tertiary alicyclic amines) is 1. The van der Waals surface area contributed by atoms with Crippen molar-refractivity contribution in [3.05, 3.63) is 23.8 Å². The molecule has 8 nitrogen and oxygen atoms in total. The number of carbonyl (C=O) groups is 2. The Labute approximate surface area is 205 Å². The zero-order chi connectivity index (χ0) is 25.5. The Morgan fingerprint density at radius 3 is 2.47 bits per heavy atom.